The van der Waals surface area contributed by atoms with Gasteiger partial charge in [-0.3, -0.25) is 4.79 Å². The standard InChI is InChI=1S/C17H24N2O3/c1-11(2)9-22-10-13(20)8-18-17(21)16-12(3)19-15-7-5-4-6-14(15)16/h4-7,11,13,19-20H,8-10H2,1-3H3,(H,18,21). The van der Waals surface area contributed by atoms with Gasteiger partial charge in [0.1, 0.15) is 0 Å². The highest BCUT2D eigenvalue weighted by atomic mass is 16.5. The van der Waals surface area contributed by atoms with Crippen molar-refractivity contribution < 1.29 is 14.6 Å². The second kappa shape index (κ2) is 7.42. The molecule has 0 fully saturated rings. The topological polar surface area (TPSA) is 74.4 Å². The van der Waals surface area contributed by atoms with Crippen LogP contribution in [0.2, 0.25) is 0 Å². The van der Waals surface area contributed by atoms with E-state index in [9.17, 15) is 9.90 Å². The predicted molar refractivity (Wildman–Crippen MR) is 87.0 cm³/mol. The molecular formula is C17H24N2O3. The number of H-pyrrole nitrogens is 1. The highest BCUT2D eigenvalue weighted by Gasteiger charge is 2.16. The first-order valence-corrected chi connectivity index (χ1v) is 7.60. The molecule has 2 rings (SSSR count). The zero-order valence-corrected chi connectivity index (χ0v) is 13.3. The van der Waals surface area contributed by atoms with E-state index in [2.05, 4.69) is 10.3 Å². The van der Waals surface area contributed by atoms with Gasteiger partial charge in [0.2, 0.25) is 0 Å². The summed E-state index contributed by atoms with van der Waals surface area (Å²) >= 11 is 0. The number of ether oxygens (including phenoxy) is 1. The molecule has 1 aromatic heterocycles. The molecule has 0 spiro atoms. The molecule has 0 saturated carbocycles. The number of amides is 1. The van der Waals surface area contributed by atoms with Crippen LogP contribution in [0.15, 0.2) is 24.3 Å². The number of para-hydroxylation sites is 1. The van der Waals surface area contributed by atoms with Crippen LogP contribution in [0.5, 0.6) is 0 Å². The Morgan fingerprint density at radius 2 is 2.05 bits per heavy atom. The summed E-state index contributed by atoms with van der Waals surface area (Å²) in [6.45, 7) is 6.98. The average Bonchev–Trinajstić information content (AvgIpc) is 2.80. The van der Waals surface area contributed by atoms with E-state index in [4.69, 9.17) is 4.74 Å². The van der Waals surface area contributed by atoms with Crippen molar-refractivity contribution in [1.82, 2.24) is 10.3 Å². The van der Waals surface area contributed by atoms with Crippen molar-refractivity contribution in [2.75, 3.05) is 19.8 Å². The molecule has 0 bridgehead atoms. The molecule has 1 atom stereocenters. The van der Waals surface area contributed by atoms with Gasteiger partial charge in [-0.2, -0.15) is 0 Å². The lowest BCUT2D eigenvalue weighted by molar-refractivity contribution is 0.0259. The number of carbonyl (C=O) groups excluding carboxylic acids is 1. The van der Waals surface area contributed by atoms with E-state index < -0.39 is 6.10 Å². The predicted octanol–water partition coefficient (Wildman–Crippen LogP) is 2.24. The van der Waals surface area contributed by atoms with Crippen LogP contribution in [0.3, 0.4) is 0 Å². The molecule has 1 amide bonds. The summed E-state index contributed by atoms with van der Waals surface area (Å²) in [6, 6.07) is 7.68. The highest BCUT2D eigenvalue weighted by Crippen LogP contribution is 2.21. The first kappa shape index (κ1) is 16.5. The molecule has 0 saturated heterocycles. The number of aliphatic hydroxyl groups is 1. The van der Waals surface area contributed by atoms with Crippen molar-refractivity contribution in [3.8, 4) is 0 Å². The van der Waals surface area contributed by atoms with Gasteiger partial charge in [0.15, 0.2) is 0 Å². The lowest BCUT2D eigenvalue weighted by Gasteiger charge is -2.13. The largest absolute Gasteiger partial charge is 0.389 e. The maximum Gasteiger partial charge on any atom is 0.253 e. The summed E-state index contributed by atoms with van der Waals surface area (Å²) in [5, 5.41) is 13.5. The maximum atomic E-state index is 12.3. The van der Waals surface area contributed by atoms with Crippen LogP contribution in [0.1, 0.15) is 29.9 Å². The molecule has 0 aliphatic carbocycles. The zero-order valence-electron chi connectivity index (χ0n) is 13.3. The molecule has 0 radical (unpaired) electrons. The lowest BCUT2D eigenvalue weighted by atomic mass is 10.1. The van der Waals surface area contributed by atoms with E-state index in [-0.39, 0.29) is 19.1 Å². The molecule has 1 aromatic carbocycles. The van der Waals surface area contributed by atoms with E-state index in [0.717, 1.165) is 16.6 Å². The minimum atomic E-state index is -0.701. The van der Waals surface area contributed by atoms with Crippen molar-refractivity contribution >= 4 is 16.8 Å². The quantitative estimate of drug-likeness (QED) is 0.734. The van der Waals surface area contributed by atoms with E-state index >= 15 is 0 Å². The molecule has 0 aliphatic rings. The van der Waals surface area contributed by atoms with Crippen LogP contribution in [-0.4, -0.2) is 41.9 Å². The van der Waals surface area contributed by atoms with Gasteiger partial charge in [-0.05, 0) is 18.9 Å². The Bertz CT molecular complexity index is 634. The van der Waals surface area contributed by atoms with Crippen molar-refractivity contribution in [3.63, 3.8) is 0 Å². The van der Waals surface area contributed by atoms with Crippen molar-refractivity contribution in [2.24, 2.45) is 5.92 Å². The van der Waals surface area contributed by atoms with Gasteiger partial charge in [-0.15, -0.1) is 0 Å². The summed E-state index contributed by atoms with van der Waals surface area (Å²) in [5.41, 5.74) is 2.39. The number of fused-ring (bicyclic) bond motifs is 1. The van der Waals surface area contributed by atoms with Gasteiger partial charge in [0, 0.05) is 29.7 Å². The second-order valence-electron chi connectivity index (χ2n) is 5.97. The van der Waals surface area contributed by atoms with Crippen molar-refractivity contribution in [3.05, 3.63) is 35.5 Å². The van der Waals surface area contributed by atoms with Crippen molar-refractivity contribution in [2.45, 2.75) is 26.9 Å². The first-order valence-electron chi connectivity index (χ1n) is 7.60. The Kier molecular flexibility index (Phi) is 5.57. The third kappa shape index (κ3) is 4.08. The minimum Gasteiger partial charge on any atom is -0.389 e. The lowest BCUT2D eigenvalue weighted by Crippen LogP contribution is -2.35. The van der Waals surface area contributed by atoms with Crippen LogP contribution in [-0.2, 0) is 4.74 Å². The van der Waals surface area contributed by atoms with Gasteiger partial charge in [0.05, 0.1) is 18.3 Å². The van der Waals surface area contributed by atoms with E-state index in [0.29, 0.717) is 18.1 Å². The van der Waals surface area contributed by atoms with Crippen LogP contribution in [0, 0.1) is 12.8 Å². The van der Waals surface area contributed by atoms with E-state index in [1.165, 1.54) is 0 Å². The first-order chi connectivity index (χ1) is 10.5. The number of hydrogen-bond donors (Lipinski definition) is 3. The highest BCUT2D eigenvalue weighted by molar-refractivity contribution is 6.08. The number of benzene rings is 1. The fourth-order valence-electron chi connectivity index (χ4n) is 2.37. The molecular weight excluding hydrogens is 280 g/mol. The van der Waals surface area contributed by atoms with Crippen LogP contribution < -0.4 is 5.32 Å². The molecule has 22 heavy (non-hydrogen) atoms. The Morgan fingerprint density at radius 1 is 1.32 bits per heavy atom. The molecule has 1 unspecified atom stereocenters. The monoisotopic (exact) mass is 304 g/mol. The van der Waals surface area contributed by atoms with Crippen molar-refractivity contribution in [1.29, 1.82) is 0 Å². The number of aryl methyl sites for hydroxylation is 1. The van der Waals surface area contributed by atoms with Gasteiger partial charge in [-0.25, -0.2) is 0 Å². The van der Waals surface area contributed by atoms with Gasteiger partial charge in [-0.1, -0.05) is 32.0 Å². The Morgan fingerprint density at radius 3 is 2.77 bits per heavy atom. The Labute approximate surface area is 130 Å². The number of nitrogens with one attached hydrogen (secondary N) is 2. The molecule has 3 N–H and O–H groups in total. The summed E-state index contributed by atoms with van der Waals surface area (Å²) < 4.78 is 5.37. The third-order valence-electron chi connectivity index (χ3n) is 3.38. The summed E-state index contributed by atoms with van der Waals surface area (Å²) in [7, 11) is 0. The number of aromatic amines is 1. The Hall–Kier alpha value is -1.85. The third-order valence-corrected chi connectivity index (χ3v) is 3.38. The Balaban J connectivity index is 1.93. The van der Waals surface area contributed by atoms with Gasteiger partial charge >= 0.3 is 0 Å². The molecule has 2 aromatic rings. The van der Waals surface area contributed by atoms with E-state index in [1.807, 2.05) is 45.0 Å². The maximum absolute atomic E-state index is 12.3. The van der Waals surface area contributed by atoms with Gasteiger partial charge in [0.25, 0.3) is 5.91 Å². The number of carbonyl (C=O) groups is 1. The molecule has 1 heterocycles. The van der Waals surface area contributed by atoms with Crippen LogP contribution in [0.25, 0.3) is 10.9 Å². The second-order valence-corrected chi connectivity index (χ2v) is 5.97. The van der Waals surface area contributed by atoms with Gasteiger partial charge < -0.3 is 20.1 Å². The fraction of sp³-hybridized carbons (Fsp3) is 0.471. The number of hydrogen-bond acceptors (Lipinski definition) is 3. The smallest absolute Gasteiger partial charge is 0.253 e. The van der Waals surface area contributed by atoms with Crippen LogP contribution in [0.4, 0.5) is 0 Å². The fourth-order valence-corrected chi connectivity index (χ4v) is 2.37. The normalized spacial score (nSPS) is 12.8. The molecule has 120 valence electrons. The minimum absolute atomic E-state index is 0.176. The van der Waals surface area contributed by atoms with E-state index in [1.54, 1.807) is 0 Å². The zero-order chi connectivity index (χ0) is 16.1. The number of aromatic nitrogens is 1. The SMILES string of the molecule is Cc1[nH]c2ccccc2c1C(=O)NCC(O)COCC(C)C. The molecule has 5 nitrogen and oxygen atoms in total. The summed E-state index contributed by atoms with van der Waals surface area (Å²) in [6.07, 6.45) is -0.701. The van der Waals surface area contributed by atoms with Crippen LogP contribution >= 0.6 is 0 Å². The number of rotatable bonds is 7. The molecule has 0 aliphatic heterocycles. The summed E-state index contributed by atoms with van der Waals surface area (Å²) in [5.74, 6) is 0.244. The summed E-state index contributed by atoms with van der Waals surface area (Å²) in [4.78, 5) is 15.5. The average molecular weight is 304 g/mol. The molecule has 5 heteroatoms. The number of aliphatic hydroxyl groups excluding tert-OH is 1.